The summed E-state index contributed by atoms with van der Waals surface area (Å²) in [5.74, 6) is -6.27. The Kier molecular flexibility index (Phi) is 5.73. The van der Waals surface area contributed by atoms with E-state index in [1.807, 2.05) is 0 Å². The second-order valence-corrected chi connectivity index (χ2v) is 8.73. The molecule has 1 aromatic heterocycles. The van der Waals surface area contributed by atoms with Crippen molar-refractivity contribution in [1.29, 1.82) is 0 Å². The van der Waals surface area contributed by atoms with Gasteiger partial charge in [-0.3, -0.25) is 23.4 Å². The molecule has 0 saturated carbocycles. The standard InChI is InChI=1S/C17H14F5N2O8P/c18-9-5-24(15(27)23-11(9)25)14-17(21,22)12(26)16(31-14,13(19)20)7-30-33(28)29-6-8-3-1-2-4-10(8)32-33/h1-5,12-14,26H,6-7H2,(H,23,25,27). The number of alkyl halides is 4. The van der Waals surface area contributed by atoms with Gasteiger partial charge in [0.05, 0.1) is 19.4 Å². The summed E-state index contributed by atoms with van der Waals surface area (Å²) in [4.78, 5) is 24.4. The van der Waals surface area contributed by atoms with Gasteiger partial charge in [0.1, 0.15) is 5.75 Å². The minimum atomic E-state index is -4.61. The molecule has 1 aromatic carbocycles. The van der Waals surface area contributed by atoms with E-state index < -0.39 is 61.8 Å². The molecular weight excluding hydrogens is 486 g/mol. The highest BCUT2D eigenvalue weighted by molar-refractivity contribution is 7.49. The molecule has 0 amide bonds. The molecule has 180 valence electrons. The number of nitrogens with one attached hydrogen (secondary N) is 1. The van der Waals surface area contributed by atoms with E-state index in [1.54, 1.807) is 12.1 Å². The first kappa shape index (κ1) is 23.6. The van der Waals surface area contributed by atoms with Gasteiger partial charge in [-0.1, -0.05) is 18.2 Å². The molecule has 10 nitrogen and oxygen atoms in total. The fourth-order valence-corrected chi connectivity index (χ4v) is 4.54. The van der Waals surface area contributed by atoms with Crippen molar-refractivity contribution in [3.05, 3.63) is 62.7 Å². The SMILES string of the molecule is O=c1[nH]c(=O)n(C2OC(COP3(=O)OCc4ccccc4O3)(C(F)F)C(O)C2(F)F)cc1F. The molecule has 4 atom stereocenters. The quantitative estimate of drug-likeness (QED) is 0.471. The van der Waals surface area contributed by atoms with E-state index in [4.69, 9.17) is 13.6 Å². The van der Waals surface area contributed by atoms with Gasteiger partial charge in [0.15, 0.2) is 11.7 Å². The molecule has 16 heteroatoms. The topological polar surface area (TPSA) is 129 Å². The number of phosphoric acid groups is 1. The molecule has 0 spiro atoms. The van der Waals surface area contributed by atoms with Crippen molar-refractivity contribution in [2.24, 2.45) is 0 Å². The number of fused-ring (bicyclic) bond motifs is 1. The van der Waals surface area contributed by atoms with Crippen molar-refractivity contribution in [2.75, 3.05) is 6.61 Å². The van der Waals surface area contributed by atoms with E-state index in [9.17, 15) is 41.2 Å². The first-order valence-corrected chi connectivity index (χ1v) is 10.5. The van der Waals surface area contributed by atoms with Gasteiger partial charge < -0.3 is 14.4 Å². The monoisotopic (exact) mass is 500 g/mol. The van der Waals surface area contributed by atoms with Crippen LogP contribution < -0.4 is 15.8 Å². The Morgan fingerprint density at radius 2 is 2.00 bits per heavy atom. The molecule has 0 bridgehead atoms. The average molecular weight is 500 g/mol. The molecule has 1 fully saturated rings. The summed E-state index contributed by atoms with van der Waals surface area (Å²) in [6.45, 7) is -1.94. The van der Waals surface area contributed by atoms with Crippen LogP contribution in [-0.4, -0.2) is 45.3 Å². The maximum atomic E-state index is 14.7. The second-order valence-electron chi connectivity index (χ2n) is 7.14. The van der Waals surface area contributed by atoms with Crippen molar-refractivity contribution in [1.82, 2.24) is 9.55 Å². The summed E-state index contributed by atoms with van der Waals surface area (Å²) < 4.78 is 103. The number of hydrogen-bond donors (Lipinski definition) is 2. The molecule has 0 aliphatic carbocycles. The highest BCUT2D eigenvalue weighted by atomic mass is 31.2. The van der Waals surface area contributed by atoms with Crippen LogP contribution in [-0.2, 0) is 25.0 Å². The summed E-state index contributed by atoms with van der Waals surface area (Å²) in [6.07, 6.45) is -10.2. The number of halogens is 5. The van der Waals surface area contributed by atoms with Crippen LogP contribution in [0.4, 0.5) is 22.0 Å². The van der Waals surface area contributed by atoms with Gasteiger partial charge >= 0.3 is 19.4 Å². The fraction of sp³-hybridized carbons (Fsp3) is 0.412. The van der Waals surface area contributed by atoms with Crippen molar-refractivity contribution < 1.29 is 49.9 Å². The lowest BCUT2D eigenvalue weighted by molar-refractivity contribution is -0.194. The molecule has 3 heterocycles. The Bertz CT molecular complexity index is 1240. The van der Waals surface area contributed by atoms with Gasteiger partial charge in [-0.15, -0.1) is 0 Å². The molecule has 2 N–H and O–H groups in total. The second kappa shape index (κ2) is 8.02. The number of aromatic nitrogens is 2. The maximum Gasteiger partial charge on any atom is 0.530 e. The molecular formula is C17H14F5N2O8P. The third-order valence-corrected chi connectivity index (χ3v) is 6.35. The number of aliphatic hydroxyl groups is 1. The Morgan fingerprint density at radius 1 is 1.30 bits per heavy atom. The van der Waals surface area contributed by atoms with E-state index in [0.29, 0.717) is 5.56 Å². The van der Waals surface area contributed by atoms with E-state index in [1.165, 1.54) is 17.1 Å². The molecule has 2 aromatic rings. The summed E-state index contributed by atoms with van der Waals surface area (Å²) >= 11 is 0. The molecule has 0 radical (unpaired) electrons. The first-order chi connectivity index (χ1) is 15.4. The lowest BCUT2D eigenvalue weighted by Gasteiger charge is -2.32. The first-order valence-electron chi connectivity index (χ1n) is 9.09. The van der Waals surface area contributed by atoms with Gasteiger partial charge in [-0.2, -0.15) is 13.2 Å². The summed E-state index contributed by atoms with van der Waals surface area (Å²) in [6, 6.07) is 6.04. The van der Waals surface area contributed by atoms with Crippen LogP contribution in [0.25, 0.3) is 0 Å². The van der Waals surface area contributed by atoms with Crippen LogP contribution in [0.5, 0.6) is 5.75 Å². The van der Waals surface area contributed by atoms with Gasteiger partial charge in [-0.25, -0.2) is 18.1 Å². The van der Waals surface area contributed by atoms with Gasteiger partial charge in [-0.05, 0) is 6.07 Å². The fourth-order valence-electron chi connectivity index (χ4n) is 3.29. The predicted molar refractivity (Wildman–Crippen MR) is 96.5 cm³/mol. The number of ether oxygens (including phenoxy) is 1. The summed E-state index contributed by atoms with van der Waals surface area (Å²) in [5.41, 5.74) is -6.26. The van der Waals surface area contributed by atoms with Crippen molar-refractivity contribution in [3.8, 4) is 5.75 Å². The average Bonchev–Trinajstić information content (AvgIpc) is 2.96. The number of aromatic amines is 1. The zero-order chi connectivity index (χ0) is 24.2. The van der Waals surface area contributed by atoms with Crippen LogP contribution in [0.1, 0.15) is 11.8 Å². The number of phosphoric ester groups is 1. The largest absolute Gasteiger partial charge is 0.530 e. The Morgan fingerprint density at radius 3 is 2.70 bits per heavy atom. The summed E-state index contributed by atoms with van der Waals surface area (Å²) in [7, 11) is -4.61. The zero-order valence-corrected chi connectivity index (χ0v) is 17.0. The smallest absolute Gasteiger partial charge is 0.404 e. The lowest BCUT2D eigenvalue weighted by Crippen LogP contribution is -2.54. The number of nitrogens with zero attached hydrogens (tertiary/aromatic N) is 1. The normalized spacial score (nSPS) is 30.8. The van der Waals surface area contributed by atoms with Crippen LogP contribution in [0.3, 0.4) is 0 Å². The third-order valence-electron chi connectivity index (χ3n) is 5.04. The molecule has 2 aliphatic rings. The molecule has 4 unspecified atom stereocenters. The number of para-hydroxylation sites is 1. The number of rotatable bonds is 5. The van der Waals surface area contributed by atoms with E-state index in [-0.39, 0.29) is 23.1 Å². The van der Waals surface area contributed by atoms with E-state index in [0.717, 1.165) is 0 Å². The Labute approximate surface area is 180 Å². The van der Waals surface area contributed by atoms with E-state index >= 15 is 0 Å². The number of aliphatic hydroxyl groups excluding tert-OH is 1. The molecule has 4 rings (SSSR count). The lowest BCUT2D eigenvalue weighted by atomic mass is 9.96. The van der Waals surface area contributed by atoms with Crippen LogP contribution in [0.2, 0.25) is 0 Å². The highest BCUT2D eigenvalue weighted by Gasteiger charge is 2.71. The van der Waals surface area contributed by atoms with Gasteiger partial charge in [0.2, 0.25) is 12.0 Å². The molecule has 33 heavy (non-hydrogen) atoms. The van der Waals surface area contributed by atoms with E-state index in [2.05, 4.69) is 4.74 Å². The zero-order valence-electron chi connectivity index (χ0n) is 16.1. The minimum Gasteiger partial charge on any atom is -0.404 e. The Balaban J connectivity index is 1.65. The number of hydrogen-bond acceptors (Lipinski definition) is 8. The summed E-state index contributed by atoms with van der Waals surface area (Å²) in [5, 5.41) is 10.1. The van der Waals surface area contributed by atoms with Crippen molar-refractivity contribution in [3.63, 3.8) is 0 Å². The van der Waals surface area contributed by atoms with Crippen LogP contribution in [0.15, 0.2) is 40.1 Å². The minimum absolute atomic E-state index is 0.0151. The van der Waals surface area contributed by atoms with Crippen molar-refractivity contribution >= 4 is 7.82 Å². The van der Waals surface area contributed by atoms with Gasteiger partial charge in [0, 0.05) is 5.56 Å². The van der Waals surface area contributed by atoms with Crippen LogP contribution >= 0.6 is 7.82 Å². The van der Waals surface area contributed by atoms with Crippen molar-refractivity contribution in [2.45, 2.75) is 36.9 Å². The molecule has 1 saturated heterocycles. The van der Waals surface area contributed by atoms with Gasteiger partial charge in [0.25, 0.3) is 12.0 Å². The molecule has 2 aliphatic heterocycles. The highest BCUT2D eigenvalue weighted by Crippen LogP contribution is 2.57. The number of benzene rings is 1. The predicted octanol–water partition coefficient (Wildman–Crippen LogP) is 1.94. The Hall–Kier alpha value is -2.58. The maximum absolute atomic E-state index is 14.7. The van der Waals surface area contributed by atoms with Crippen LogP contribution in [0, 0.1) is 5.82 Å². The third kappa shape index (κ3) is 3.89. The number of H-pyrrole nitrogens is 1.